The van der Waals surface area contributed by atoms with Crippen LogP contribution in [0.3, 0.4) is 0 Å². The molecule has 3 rings (SSSR count). The molecule has 120 valence electrons. The van der Waals surface area contributed by atoms with Crippen LogP contribution in [0, 0.1) is 11.6 Å². The van der Waals surface area contributed by atoms with Crippen LogP contribution < -0.4 is 4.74 Å². The molecule has 2 aromatic carbocycles. The second-order valence-electron chi connectivity index (χ2n) is 5.12. The molecule has 0 spiro atoms. The Morgan fingerprint density at radius 1 is 1.17 bits per heavy atom. The Morgan fingerprint density at radius 3 is 2.65 bits per heavy atom. The van der Waals surface area contributed by atoms with Crippen LogP contribution in [0.2, 0.25) is 0 Å². The predicted molar refractivity (Wildman–Crippen MR) is 83.3 cm³/mol. The zero-order valence-corrected chi connectivity index (χ0v) is 12.6. The Morgan fingerprint density at radius 2 is 1.91 bits per heavy atom. The number of nitrogens with zero attached hydrogens (tertiary/aromatic N) is 2. The number of para-hydroxylation sites is 1. The van der Waals surface area contributed by atoms with Gasteiger partial charge in [0.2, 0.25) is 0 Å². The van der Waals surface area contributed by atoms with Crippen molar-refractivity contribution in [1.29, 1.82) is 0 Å². The molecular formula is C17H16F2N2O2. The summed E-state index contributed by atoms with van der Waals surface area (Å²) in [5.41, 5.74) is 1.57. The first-order valence-corrected chi connectivity index (χ1v) is 7.25. The van der Waals surface area contributed by atoms with Gasteiger partial charge in [-0.25, -0.2) is 13.8 Å². The molecule has 0 aliphatic carbocycles. The average molecular weight is 318 g/mol. The first-order valence-electron chi connectivity index (χ1n) is 7.25. The van der Waals surface area contributed by atoms with Crippen molar-refractivity contribution in [3.63, 3.8) is 0 Å². The Kier molecular flexibility index (Phi) is 4.25. The number of hydrogen-bond donors (Lipinski definition) is 1. The Balaban J connectivity index is 2.26. The molecule has 0 saturated carbocycles. The van der Waals surface area contributed by atoms with Crippen molar-refractivity contribution in [2.75, 3.05) is 13.7 Å². The third-order valence-electron chi connectivity index (χ3n) is 3.68. The predicted octanol–water partition coefficient (Wildman–Crippen LogP) is 3.37. The summed E-state index contributed by atoms with van der Waals surface area (Å²) >= 11 is 0. The summed E-state index contributed by atoms with van der Waals surface area (Å²) in [6, 6.07) is 9.53. The number of methoxy groups -OCH3 is 1. The maximum Gasteiger partial charge on any atom is 0.161 e. The Labute approximate surface area is 132 Å². The second kappa shape index (κ2) is 6.34. The Bertz CT molecular complexity index is 846. The van der Waals surface area contributed by atoms with Crippen LogP contribution in [0.4, 0.5) is 8.78 Å². The maximum absolute atomic E-state index is 13.6. The maximum atomic E-state index is 13.6. The lowest BCUT2D eigenvalue weighted by atomic mass is 10.2. The van der Waals surface area contributed by atoms with Crippen LogP contribution in [0.1, 0.15) is 6.42 Å². The van der Waals surface area contributed by atoms with Crippen molar-refractivity contribution < 1.29 is 18.6 Å². The van der Waals surface area contributed by atoms with E-state index in [0.717, 1.165) is 17.7 Å². The average Bonchev–Trinajstić information content (AvgIpc) is 2.90. The van der Waals surface area contributed by atoms with Crippen LogP contribution in [0.5, 0.6) is 5.75 Å². The number of aryl methyl sites for hydroxylation is 1. The largest absolute Gasteiger partial charge is 0.496 e. The van der Waals surface area contributed by atoms with E-state index in [1.54, 1.807) is 17.7 Å². The van der Waals surface area contributed by atoms with E-state index < -0.39 is 11.6 Å². The smallest absolute Gasteiger partial charge is 0.161 e. The summed E-state index contributed by atoms with van der Waals surface area (Å²) in [6.07, 6.45) is 0.479. The summed E-state index contributed by atoms with van der Waals surface area (Å²) in [4.78, 5) is 4.44. The van der Waals surface area contributed by atoms with Gasteiger partial charge in [0.15, 0.2) is 11.6 Å². The number of hydrogen-bond acceptors (Lipinski definition) is 3. The molecule has 3 aromatic rings. The molecule has 0 fully saturated rings. The molecule has 1 heterocycles. The molecule has 0 amide bonds. The highest BCUT2D eigenvalue weighted by Crippen LogP contribution is 2.32. The van der Waals surface area contributed by atoms with Crippen LogP contribution in [0.15, 0.2) is 36.4 Å². The van der Waals surface area contributed by atoms with Gasteiger partial charge in [0.1, 0.15) is 11.6 Å². The normalized spacial score (nSPS) is 11.1. The topological polar surface area (TPSA) is 47.3 Å². The van der Waals surface area contributed by atoms with Crippen molar-refractivity contribution in [3.8, 4) is 17.1 Å². The van der Waals surface area contributed by atoms with Gasteiger partial charge in [-0.2, -0.15) is 0 Å². The van der Waals surface area contributed by atoms with E-state index in [9.17, 15) is 8.78 Å². The van der Waals surface area contributed by atoms with Gasteiger partial charge >= 0.3 is 0 Å². The molecule has 0 aliphatic heterocycles. The van der Waals surface area contributed by atoms with E-state index in [0.29, 0.717) is 35.6 Å². The van der Waals surface area contributed by atoms with Crippen molar-refractivity contribution in [1.82, 2.24) is 9.55 Å². The lowest BCUT2D eigenvalue weighted by molar-refractivity contribution is 0.280. The SMILES string of the molecule is COc1ccccc1-c1nc2cc(F)c(F)cc2n1CCCO. The number of imidazole rings is 1. The van der Waals surface area contributed by atoms with E-state index in [1.165, 1.54) is 0 Å². The van der Waals surface area contributed by atoms with E-state index in [1.807, 2.05) is 18.2 Å². The summed E-state index contributed by atoms with van der Waals surface area (Å²) in [5, 5.41) is 9.11. The zero-order chi connectivity index (χ0) is 16.4. The number of rotatable bonds is 5. The monoisotopic (exact) mass is 318 g/mol. The number of aliphatic hydroxyl groups is 1. The van der Waals surface area contributed by atoms with Crippen molar-refractivity contribution >= 4 is 11.0 Å². The molecule has 0 bridgehead atoms. The molecule has 0 unspecified atom stereocenters. The number of benzene rings is 2. The van der Waals surface area contributed by atoms with E-state index in [-0.39, 0.29) is 6.61 Å². The zero-order valence-electron chi connectivity index (χ0n) is 12.6. The molecule has 6 heteroatoms. The van der Waals surface area contributed by atoms with E-state index in [4.69, 9.17) is 9.84 Å². The van der Waals surface area contributed by atoms with Gasteiger partial charge in [-0.1, -0.05) is 12.1 Å². The molecule has 0 saturated heterocycles. The Hall–Kier alpha value is -2.47. The van der Waals surface area contributed by atoms with Gasteiger partial charge in [0.25, 0.3) is 0 Å². The van der Waals surface area contributed by atoms with Crippen LogP contribution in [-0.2, 0) is 6.54 Å². The van der Waals surface area contributed by atoms with Crippen LogP contribution in [-0.4, -0.2) is 28.4 Å². The third kappa shape index (κ3) is 2.77. The standard InChI is InChI=1S/C17H16F2N2O2/c1-23-16-6-3-2-5-11(16)17-20-14-9-12(18)13(19)10-15(14)21(17)7-4-8-22/h2-3,5-6,9-10,22H,4,7-8H2,1H3. The number of aliphatic hydroxyl groups excluding tert-OH is 1. The van der Waals surface area contributed by atoms with Crippen molar-refractivity contribution in [2.24, 2.45) is 0 Å². The molecule has 0 radical (unpaired) electrons. The number of fused-ring (bicyclic) bond motifs is 1. The minimum Gasteiger partial charge on any atom is -0.496 e. The summed E-state index contributed by atoms with van der Waals surface area (Å²) in [5.74, 6) is -0.685. The lowest BCUT2D eigenvalue weighted by Crippen LogP contribution is -2.03. The quantitative estimate of drug-likeness (QED) is 0.784. The van der Waals surface area contributed by atoms with E-state index in [2.05, 4.69) is 4.98 Å². The van der Waals surface area contributed by atoms with Crippen molar-refractivity contribution in [2.45, 2.75) is 13.0 Å². The first-order chi connectivity index (χ1) is 11.2. The second-order valence-corrected chi connectivity index (χ2v) is 5.12. The van der Waals surface area contributed by atoms with Gasteiger partial charge in [0, 0.05) is 25.3 Å². The molecule has 0 aliphatic rings. The first kappa shape index (κ1) is 15.4. The third-order valence-corrected chi connectivity index (χ3v) is 3.68. The van der Waals surface area contributed by atoms with E-state index >= 15 is 0 Å². The number of ether oxygens (including phenoxy) is 1. The highest BCUT2D eigenvalue weighted by atomic mass is 19.2. The minimum atomic E-state index is -0.934. The summed E-state index contributed by atoms with van der Waals surface area (Å²) in [6.45, 7) is 0.431. The highest BCUT2D eigenvalue weighted by Gasteiger charge is 2.17. The van der Waals surface area contributed by atoms with Gasteiger partial charge in [-0.15, -0.1) is 0 Å². The molecule has 1 aromatic heterocycles. The fourth-order valence-corrected chi connectivity index (χ4v) is 2.61. The van der Waals surface area contributed by atoms with Gasteiger partial charge < -0.3 is 14.4 Å². The summed E-state index contributed by atoms with van der Waals surface area (Å²) in [7, 11) is 1.55. The lowest BCUT2D eigenvalue weighted by Gasteiger charge is -2.11. The van der Waals surface area contributed by atoms with Crippen LogP contribution >= 0.6 is 0 Å². The highest BCUT2D eigenvalue weighted by molar-refractivity contribution is 5.82. The van der Waals surface area contributed by atoms with Gasteiger partial charge in [-0.05, 0) is 18.6 Å². The molecule has 1 N–H and O–H groups in total. The number of halogens is 2. The molecule has 23 heavy (non-hydrogen) atoms. The fourth-order valence-electron chi connectivity index (χ4n) is 2.61. The van der Waals surface area contributed by atoms with Crippen LogP contribution in [0.25, 0.3) is 22.4 Å². The number of aromatic nitrogens is 2. The molecule has 0 atom stereocenters. The van der Waals surface area contributed by atoms with Gasteiger partial charge in [-0.3, -0.25) is 0 Å². The molecular weight excluding hydrogens is 302 g/mol. The summed E-state index contributed by atoms with van der Waals surface area (Å²) < 4.78 is 34.2. The molecule has 4 nitrogen and oxygen atoms in total. The van der Waals surface area contributed by atoms with Gasteiger partial charge in [0.05, 0.1) is 23.7 Å². The van der Waals surface area contributed by atoms with Crippen molar-refractivity contribution in [3.05, 3.63) is 48.0 Å². The fraction of sp³-hybridized carbons (Fsp3) is 0.235. The minimum absolute atomic E-state index is 0.00524.